The van der Waals surface area contributed by atoms with Gasteiger partial charge in [0.15, 0.2) is 0 Å². The van der Waals surface area contributed by atoms with Crippen molar-refractivity contribution in [1.29, 1.82) is 0 Å². The summed E-state index contributed by atoms with van der Waals surface area (Å²) in [5.41, 5.74) is 9.44. The van der Waals surface area contributed by atoms with Gasteiger partial charge in [0, 0.05) is 30.2 Å². The van der Waals surface area contributed by atoms with Crippen LogP contribution in [0.4, 0.5) is 0 Å². The van der Waals surface area contributed by atoms with Crippen LogP contribution in [0.3, 0.4) is 0 Å². The highest BCUT2D eigenvalue weighted by molar-refractivity contribution is 7.98. The van der Waals surface area contributed by atoms with Crippen molar-refractivity contribution in [3.63, 3.8) is 0 Å². The fourth-order valence-corrected chi connectivity index (χ4v) is 3.07. The van der Waals surface area contributed by atoms with Crippen LogP contribution >= 0.6 is 11.8 Å². The number of thioether (sulfide) groups is 1. The van der Waals surface area contributed by atoms with Gasteiger partial charge in [0.05, 0.1) is 0 Å². The Bertz CT molecular complexity index is 368. The van der Waals surface area contributed by atoms with E-state index < -0.39 is 0 Å². The van der Waals surface area contributed by atoms with E-state index in [2.05, 4.69) is 36.9 Å². The highest BCUT2D eigenvalue weighted by Crippen LogP contribution is 2.39. The van der Waals surface area contributed by atoms with E-state index in [1.165, 1.54) is 17.0 Å². The second kappa shape index (κ2) is 4.46. The van der Waals surface area contributed by atoms with Crippen molar-refractivity contribution in [3.8, 4) is 0 Å². The molecule has 1 aliphatic rings. The normalized spacial score (nSPS) is 23.1. The molecule has 1 unspecified atom stereocenters. The van der Waals surface area contributed by atoms with Gasteiger partial charge < -0.3 is 10.3 Å². The topological polar surface area (TPSA) is 30.9 Å². The number of aryl methyl sites for hydroxylation is 1. The molecule has 0 bridgehead atoms. The van der Waals surface area contributed by atoms with Crippen LogP contribution in [0.1, 0.15) is 37.6 Å². The van der Waals surface area contributed by atoms with E-state index in [0.717, 1.165) is 19.4 Å². The fraction of sp³-hybridized carbons (Fsp3) is 0.692. The average Bonchev–Trinajstić information content (AvgIpc) is 2.56. The number of aromatic nitrogens is 1. The van der Waals surface area contributed by atoms with Gasteiger partial charge in [-0.1, -0.05) is 13.8 Å². The molecule has 16 heavy (non-hydrogen) atoms. The largest absolute Gasteiger partial charge is 0.350 e. The molecule has 2 rings (SSSR count). The summed E-state index contributed by atoms with van der Waals surface area (Å²) >= 11 is 1.90. The summed E-state index contributed by atoms with van der Waals surface area (Å²) in [6.07, 6.45) is 6.64. The molecule has 0 spiro atoms. The van der Waals surface area contributed by atoms with Crippen LogP contribution in [-0.4, -0.2) is 16.6 Å². The van der Waals surface area contributed by atoms with Crippen LogP contribution in [0.5, 0.6) is 0 Å². The van der Waals surface area contributed by atoms with Gasteiger partial charge in [-0.3, -0.25) is 0 Å². The predicted molar refractivity (Wildman–Crippen MR) is 71.8 cm³/mol. The van der Waals surface area contributed by atoms with Crippen molar-refractivity contribution in [1.82, 2.24) is 4.57 Å². The molecule has 0 radical (unpaired) electrons. The average molecular weight is 238 g/mol. The minimum absolute atomic E-state index is 0.231. The Morgan fingerprint density at radius 3 is 3.00 bits per heavy atom. The minimum atomic E-state index is 0.231. The molecule has 1 atom stereocenters. The first-order chi connectivity index (χ1) is 7.53. The van der Waals surface area contributed by atoms with Gasteiger partial charge in [0.1, 0.15) is 0 Å². The van der Waals surface area contributed by atoms with Crippen LogP contribution < -0.4 is 5.73 Å². The molecule has 1 heterocycles. The standard InChI is InChI=1S/C13H22N2S/c1-13(2)8-11(14)10-4-5-15(6-7-16-3)12(10)9-13/h4-5,11H,6-9,14H2,1-3H3. The summed E-state index contributed by atoms with van der Waals surface area (Å²) in [4.78, 5) is 0. The van der Waals surface area contributed by atoms with Gasteiger partial charge in [-0.25, -0.2) is 0 Å². The zero-order chi connectivity index (χ0) is 11.8. The molecule has 0 saturated heterocycles. The molecule has 0 aromatic carbocycles. The summed E-state index contributed by atoms with van der Waals surface area (Å²) in [5, 5.41) is 0. The van der Waals surface area contributed by atoms with Gasteiger partial charge in [-0.15, -0.1) is 0 Å². The molecular weight excluding hydrogens is 216 g/mol. The summed E-state index contributed by atoms with van der Waals surface area (Å²) in [5.74, 6) is 1.18. The van der Waals surface area contributed by atoms with E-state index in [9.17, 15) is 0 Å². The van der Waals surface area contributed by atoms with Crippen LogP contribution in [0.25, 0.3) is 0 Å². The third-order valence-electron chi connectivity index (χ3n) is 3.47. The molecule has 1 aliphatic carbocycles. The monoisotopic (exact) mass is 238 g/mol. The van der Waals surface area contributed by atoms with Crippen molar-refractivity contribution < 1.29 is 0 Å². The Morgan fingerprint density at radius 2 is 2.31 bits per heavy atom. The molecule has 0 aliphatic heterocycles. The maximum Gasteiger partial charge on any atom is 0.0318 e. The Kier molecular flexibility index (Phi) is 3.36. The van der Waals surface area contributed by atoms with Crippen molar-refractivity contribution >= 4 is 11.8 Å². The SMILES string of the molecule is CSCCn1ccc2c1CC(C)(C)CC2N. The van der Waals surface area contributed by atoms with Gasteiger partial charge in [-0.05, 0) is 36.1 Å². The Hall–Kier alpha value is -0.410. The molecule has 90 valence electrons. The third kappa shape index (κ3) is 2.30. The summed E-state index contributed by atoms with van der Waals surface area (Å²) in [7, 11) is 0. The van der Waals surface area contributed by atoms with Crippen molar-refractivity contribution in [3.05, 3.63) is 23.5 Å². The summed E-state index contributed by atoms with van der Waals surface area (Å²) in [6.45, 7) is 5.75. The number of nitrogens with two attached hydrogens (primary N) is 1. The van der Waals surface area contributed by atoms with Crippen LogP contribution in [0.2, 0.25) is 0 Å². The maximum absolute atomic E-state index is 6.25. The fourth-order valence-electron chi connectivity index (χ4n) is 2.69. The predicted octanol–water partition coefficient (Wildman–Crippen LogP) is 2.82. The highest BCUT2D eigenvalue weighted by atomic mass is 32.2. The maximum atomic E-state index is 6.25. The first kappa shape index (κ1) is 12.1. The van der Waals surface area contributed by atoms with Gasteiger partial charge in [0.2, 0.25) is 0 Å². The second-order valence-corrected chi connectivity index (χ2v) is 6.54. The lowest BCUT2D eigenvalue weighted by Crippen LogP contribution is -2.30. The van der Waals surface area contributed by atoms with E-state index in [1.807, 2.05) is 11.8 Å². The lowest BCUT2D eigenvalue weighted by atomic mass is 9.74. The van der Waals surface area contributed by atoms with Crippen molar-refractivity contribution in [2.45, 2.75) is 39.3 Å². The number of hydrogen-bond acceptors (Lipinski definition) is 2. The van der Waals surface area contributed by atoms with E-state index in [4.69, 9.17) is 5.73 Å². The molecule has 2 nitrogen and oxygen atoms in total. The molecule has 0 amide bonds. The van der Waals surface area contributed by atoms with Crippen molar-refractivity contribution in [2.75, 3.05) is 12.0 Å². The molecule has 0 fully saturated rings. The Labute approximate surface area is 103 Å². The van der Waals surface area contributed by atoms with E-state index in [1.54, 1.807) is 0 Å². The molecule has 2 N–H and O–H groups in total. The molecule has 1 aromatic heterocycles. The second-order valence-electron chi connectivity index (χ2n) is 5.56. The Balaban J connectivity index is 2.26. The number of rotatable bonds is 3. The zero-order valence-electron chi connectivity index (χ0n) is 10.5. The Morgan fingerprint density at radius 1 is 1.56 bits per heavy atom. The molecule has 1 aromatic rings. The molecular formula is C13H22N2S. The minimum Gasteiger partial charge on any atom is -0.350 e. The van der Waals surface area contributed by atoms with E-state index in [-0.39, 0.29) is 6.04 Å². The van der Waals surface area contributed by atoms with Crippen LogP contribution in [0.15, 0.2) is 12.3 Å². The first-order valence-electron chi connectivity index (χ1n) is 5.96. The van der Waals surface area contributed by atoms with Crippen molar-refractivity contribution in [2.24, 2.45) is 11.1 Å². The zero-order valence-corrected chi connectivity index (χ0v) is 11.3. The highest BCUT2D eigenvalue weighted by Gasteiger charge is 2.32. The molecule has 3 heteroatoms. The number of hydrogen-bond donors (Lipinski definition) is 1. The summed E-state index contributed by atoms with van der Waals surface area (Å²) in [6, 6.07) is 2.45. The number of fused-ring (bicyclic) bond motifs is 1. The van der Waals surface area contributed by atoms with Crippen LogP contribution in [-0.2, 0) is 13.0 Å². The van der Waals surface area contributed by atoms with Gasteiger partial charge in [-0.2, -0.15) is 11.8 Å². The van der Waals surface area contributed by atoms with Gasteiger partial charge in [0.25, 0.3) is 0 Å². The quantitative estimate of drug-likeness (QED) is 0.878. The third-order valence-corrected chi connectivity index (χ3v) is 4.06. The van der Waals surface area contributed by atoms with Crippen LogP contribution in [0, 0.1) is 5.41 Å². The van der Waals surface area contributed by atoms with E-state index >= 15 is 0 Å². The van der Waals surface area contributed by atoms with Gasteiger partial charge >= 0.3 is 0 Å². The lowest BCUT2D eigenvalue weighted by molar-refractivity contribution is 0.275. The molecule has 0 saturated carbocycles. The smallest absolute Gasteiger partial charge is 0.0318 e. The summed E-state index contributed by atoms with van der Waals surface area (Å²) < 4.78 is 2.40. The lowest BCUT2D eigenvalue weighted by Gasteiger charge is -2.34. The number of nitrogens with zero attached hydrogens (tertiary/aromatic N) is 1. The first-order valence-corrected chi connectivity index (χ1v) is 7.35. The van der Waals surface area contributed by atoms with E-state index in [0.29, 0.717) is 5.41 Å².